The van der Waals surface area contributed by atoms with Crippen molar-refractivity contribution in [2.24, 2.45) is 16.9 Å². The van der Waals surface area contributed by atoms with E-state index < -0.39 is 11.9 Å². The second-order valence-electron chi connectivity index (χ2n) is 11.4. The van der Waals surface area contributed by atoms with Gasteiger partial charge < -0.3 is 26.3 Å². The van der Waals surface area contributed by atoms with Crippen LogP contribution in [-0.4, -0.2) is 48.2 Å². The lowest BCUT2D eigenvalue weighted by Gasteiger charge is -2.31. The topological polar surface area (TPSA) is 139 Å². The molecule has 0 spiro atoms. The molecule has 5 N–H and O–H groups in total. The third-order valence-electron chi connectivity index (χ3n) is 7.87. The van der Waals surface area contributed by atoms with E-state index in [2.05, 4.69) is 19.2 Å². The second-order valence-corrected chi connectivity index (χ2v) is 11.4. The van der Waals surface area contributed by atoms with Gasteiger partial charge in [-0.25, -0.2) is 0 Å². The number of nitrogens with zero attached hydrogens (tertiary/aromatic N) is 1. The summed E-state index contributed by atoms with van der Waals surface area (Å²) >= 11 is 0. The molecule has 3 aromatic rings. The highest BCUT2D eigenvalue weighted by Gasteiger charge is 2.35. The van der Waals surface area contributed by atoms with Crippen molar-refractivity contribution in [1.82, 2.24) is 4.57 Å². The van der Waals surface area contributed by atoms with Gasteiger partial charge in [0.2, 0.25) is 5.91 Å². The molecule has 9 nitrogen and oxygen atoms in total. The summed E-state index contributed by atoms with van der Waals surface area (Å²) in [5.74, 6) is -0.132. The van der Waals surface area contributed by atoms with Gasteiger partial charge in [0.25, 0.3) is 5.91 Å². The minimum absolute atomic E-state index is 0.0712. The molecule has 0 unspecified atom stereocenters. The van der Waals surface area contributed by atoms with Crippen molar-refractivity contribution in [1.29, 1.82) is 0 Å². The largest absolute Gasteiger partial charge is 0.497 e. The van der Waals surface area contributed by atoms with E-state index in [1.165, 1.54) is 0 Å². The van der Waals surface area contributed by atoms with Crippen LogP contribution in [0.2, 0.25) is 0 Å². The number of rotatable bonds is 7. The van der Waals surface area contributed by atoms with Crippen LogP contribution >= 0.6 is 0 Å². The second kappa shape index (κ2) is 10.4. The molecule has 0 bridgehead atoms. The van der Waals surface area contributed by atoms with Crippen LogP contribution in [0.5, 0.6) is 5.75 Å². The molecule has 0 saturated heterocycles. The highest BCUT2D eigenvalue weighted by atomic mass is 16.5. The Morgan fingerprint density at radius 2 is 1.82 bits per heavy atom. The van der Waals surface area contributed by atoms with Gasteiger partial charge in [-0.05, 0) is 73.4 Å². The summed E-state index contributed by atoms with van der Waals surface area (Å²) in [5, 5.41) is 4.46. The lowest BCUT2D eigenvalue weighted by Crippen LogP contribution is -2.33. The van der Waals surface area contributed by atoms with E-state index in [0.717, 1.165) is 47.0 Å². The van der Waals surface area contributed by atoms with Gasteiger partial charge in [0, 0.05) is 34.8 Å². The van der Waals surface area contributed by atoms with Crippen molar-refractivity contribution in [2.45, 2.75) is 64.5 Å². The SMILES string of the molecule is COc1ccc2c(c1)c(-c1ccc(C(N)=O)c(NC3CCC(OC(=O)CN)CC3)c1)c1n2C(=O)CC(C)(C)C1. The number of methoxy groups -OCH3 is 1. The fourth-order valence-electron chi connectivity index (χ4n) is 6.04. The first-order valence-electron chi connectivity index (χ1n) is 13.4. The minimum Gasteiger partial charge on any atom is -0.497 e. The van der Waals surface area contributed by atoms with Crippen molar-refractivity contribution in [3.05, 3.63) is 47.7 Å². The average molecular weight is 533 g/mol. The van der Waals surface area contributed by atoms with Gasteiger partial charge in [0.05, 0.1) is 24.7 Å². The van der Waals surface area contributed by atoms with E-state index in [1.54, 1.807) is 13.2 Å². The molecule has 0 atom stereocenters. The molecule has 2 aromatic carbocycles. The Kier molecular flexibility index (Phi) is 7.11. The Hall–Kier alpha value is -3.85. The van der Waals surface area contributed by atoms with Gasteiger partial charge in [-0.1, -0.05) is 19.9 Å². The Morgan fingerprint density at radius 1 is 1.08 bits per heavy atom. The number of hydrogen-bond donors (Lipinski definition) is 3. The molecule has 2 heterocycles. The summed E-state index contributed by atoms with van der Waals surface area (Å²) < 4.78 is 12.8. The van der Waals surface area contributed by atoms with Gasteiger partial charge >= 0.3 is 5.97 Å². The molecular formula is C30H36N4O5. The zero-order valence-corrected chi connectivity index (χ0v) is 22.7. The Balaban J connectivity index is 1.55. The number of aromatic nitrogens is 1. The third kappa shape index (κ3) is 5.23. The van der Waals surface area contributed by atoms with E-state index in [4.69, 9.17) is 20.9 Å². The minimum atomic E-state index is -0.517. The Labute approximate surface area is 227 Å². The van der Waals surface area contributed by atoms with Crippen LogP contribution < -0.4 is 21.5 Å². The number of primary amides is 1. The first-order valence-corrected chi connectivity index (χ1v) is 13.4. The zero-order chi connectivity index (χ0) is 27.9. The number of benzene rings is 2. The van der Waals surface area contributed by atoms with E-state index in [0.29, 0.717) is 36.3 Å². The molecule has 1 fully saturated rings. The first kappa shape index (κ1) is 26.7. The van der Waals surface area contributed by atoms with Crippen LogP contribution in [0, 0.1) is 5.41 Å². The van der Waals surface area contributed by atoms with Crippen LogP contribution in [0.1, 0.15) is 66.8 Å². The predicted molar refractivity (Wildman–Crippen MR) is 150 cm³/mol. The van der Waals surface area contributed by atoms with Crippen LogP contribution in [-0.2, 0) is 16.0 Å². The first-order chi connectivity index (χ1) is 18.6. The van der Waals surface area contributed by atoms with Crippen LogP contribution in [0.25, 0.3) is 22.0 Å². The van der Waals surface area contributed by atoms with E-state index in [1.807, 2.05) is 34.9 Å². The molecular weight excluding hydrogens is 496 g/mol. The smallest absolute Gasteiger partial charge is 0.319 e. The fraction of sp³-hybridized carbons (Fsp3) is 0.433. The van der Waals surface area contributed by atoms with Crippen LogP contribution in [0.4, 0.5) is 5.69 Å². The molecule has 1 aliphatic carbocycles. The number of amides is 1. The molecule has 1 aliphatic heterocycles. The lowest BCUT2D eigenvalue weighted by atomic mass is 9.80. The summed E-state index contributed by atoms with van der Waals surface area (Å²) in [4.78, 5) is 37.3. The molecule has 9 heteroatoms. The molecule has 2 aliphatic rings. The molecule has 1 amide bonds. The summed E-state index contributed by atoms with van der Waals surface area (Å²) in [5.41, 5.74) is 15.7. The maximum absolute atomic E-state index is 13.3. The number of carbonyl (C=O) groups is 3. The number of nitrogens with one attached hydrogen (secondary N) is 1. The van der Waals surface area contributed by atoms with Crippen LogP contribution in [0.3, 0.4) is 0 Å². The molecule has 39 heavy (non-hydrogen) atoms. The summed E-state index contributed by atoms with van der Waals surface area (Å²) in [7, 11) is 1.63. The molecule has 5 rings (SSSR count). The predicted octanol–water partition coefficient (Wildman–Crippen LogP) is 4.25. The van der Waals surface area contributed by atoms with E-state index in [-0.39, 0.29) is 30.0 Å². The van der Waals surface area contributed by atoms with Gasteiger partial charge in [0.1, 0.15) is 11.9 Å². The number of esters is 1. The lowest BCUT2D eigenvalue weighted by molar-refractivity contribution is -0.148. The molecule has 0 radical (unpaired) electrons. The van der Waals surface area contributed by atoms with E-state index in [9.17, 15) is 14.4 Å². The zero-order valence-electron chi connectivity index (χ0n) is 22.7. The maximum Gasteiger partial charge on any atom is 0.319 e. The third-order valence-corrected chi connectivity index (χ3v) is 7.87. The molecule has 1 saturated carbocycles. The molecule has 1 aromatic heterocycles. The molecule has 206 valence electrons. The van der Waals surface area contributed by atoms with Gasteiger partial charge in [-0.3, -0.25) is 19.0 Å². The Morgan fingerprint density at radius 3 is 2.49 bits per heavy atom. The average Bonchev–Trinajstić information content (AvgIpc) is 3.21. The highest BCUT2D eigenvalue weighted by molar-refractivity contribution is 6.06. The van der Waals surface area contributed by atoms with Crippen molar-refractivity contribution < 1.29 is 23.9 Å². The summed E-state index contributed by atoms with van der Waals surface area (Å²) in [6.45, 7) is 4.10. The van der Waals surface area contributed by atoms with Crippen molar-refractivity contribution in [2.75, 3.05) is 19.0 Å². The number of carbonyl (C=O) groups excluding carboxylic acids is 3. The summed E-state index contributed by atoms with van der Waals surface area (Å²) in [6, 6.07) is 11.5. The standard InChI is InChI=1S/C30H36N4O5/c1-30(2)14-25-28(22-13-20(38-3)9-11-24(22)34(25)26(35)15-30)17-4-10-21(29(32)37)23(12-17)33-18-5-7-19(8-6-18)39-27(36)16-31/h4,9-13,18-19,33H,5-8,14-16,31H2,1-3H3,(H2,32,37). The fourth-order valence-corrected chi connectivity index (χ4v) is 6.04. The van der Waals surface area contributed by atoms with Crippen molar-refractivity contribution in [3.63, 3.8) is 0 Å². The Bertz CT molecular complexity index is 1450. The van der Waals surface area contributed by atoms with Crippen molar-refractivity contribution >= 4 is 34.4 Å². The normalized spacial score (nSPS) is 20.4. The van der Waals surface area contributed by atoms with Crippen LogP contribution in [0.15, 0.2) is 36.4 Å². The highest BCUT2D eigenvalue weighted by Crippen LogP contribution is 2.44. The van der Waals surface area contributed by atoms with Crippen molar-refractivity contribution in [3.8, 4) is 16.9 Å². The number of hydrogen-bond acceptors (Lipinski definition) is 7. The monoisotopic (exact) mass is 532 g/mol. The number of anilines is 1. The van der Waals surface area contributed by atoms with E-state index >= 15 is 0 Å². The maximum atomic E-state index is 13.3. The summed E-state index contributed by atoms with van der Waals surface area (Å²) in [6.07, 6.45) is 4.03. The quantitative estimate of drug-likeness (QED) is 0.387. The number of nitrogens with two attached hydrogens (primary N) is 2. The van der Waals surface area contributed by atoms with Gasteiger partial charge in [0.15, 0.2) is 0 Å². The van der Waals surface area contributed by atoms with Gasteiger partial charge in [-0.2, -0.15) is 0 Å². The number of fused-ring (bicyclic) bond motifs is 3. The number of ether oxygens (including phenoxy) is 2. The van der Waals surface area contributed by atoms with Gasteiger partial charge in [-0.15, -0.1) is 0 Å².